The standard InChI is InChI=1S/C23H27N5O6S/c1-3-33-20(31)23(2)9-4-10-27(19(23)30)14-5-7-15(8-6-14)28-13-16(34-22(28)32)11-25-18(29)17-12-26-21(24)35-17/h5-8,12,16H,3-4,9-11,13H2,1-2H3,(H2,24,26)(H,25,29)/t16-,23?/m0/s1. The van der Waals surface area contributed by atoms with Crippen LogP contribution in [-0.2, 0) is 19.1 Å². The molecule has 1 aromatic heterocycles. The summed E-state index contributed by atoms with van der Waals surface area (Å²) in [4.78, 5) is 57.4. The Morgan fingerprint density at radius 3 is 2.57 bits per heavy atom. The highest BCUT2D eigenvalue weighted by Crippen LogP contribution is 2.35. The van der Waals surface area contributed by atoms with Crippen LogP contribution in [0.1, 0.15) is 36.4 Å². The zero-order chi connectivity index (χ0) is 25.2. The Kier molecular flexibility index (Phi) is 6.92. The van der Waals surface area contributed by atoms with E-state index in [0.29, 0.717) is 40.8 Å². The lowest BCUT2D eigenvalue weighted by atomic mass is 9.80. The van der Waals surface area contributed by atoms with E-state index in [9.17, 15) is 19.2 Å². The number of nitrogens with one attached hydrogen (secondary N) is 1. The maximum Gasteiger partial charge on any atom is 0.414 e. The summed E-state index contributed by atoms with van der Waals surface area (Å²) >= 11 is 1.08. The number of ether oxygens (including phenoxy) is 2. The zero-order valence-corrected chi connectivity index (χ0v) is 20.3. The number of hydrogen-bond donors (Lipinski definition) is 2. The smallest absolute Gasteiger partial charge is 0.414 e. The summed E-state index contributed by atoms with van der Waals surface area (Å²) in [5, 5.41) is 3.02. The van der Waals surface area contributed by atoms with Gasteiger partial charge in [0.05, 0.1) is 25.9 Å². The molecule has 186 valence electrons. The number of nitrogens with zero attached hydrogens (tertiary/aromatic N) is 3. The van der Waals surface area contributed by atoms with Crippen LogP contribution >= 0.6 is 11.3 Å². The Bertz CT molecular complexity index is 1140. The first kappa shape index (κ1) is 24.5. The van der Waals surface area contributed by atoms with Gasteiger partial charge in [0.15, 0.2) is 5.13 Å². The van der Waals surface area contributed by atoms with E-state index in [1.54, 1.807) is 43.0 Å². The van der Waals surface area contributed by atoms with Crippen LogP contribution in [0, 0.1) is 5.41 Å². The highest BCUT2D eigenvalue weighted by molar-refractivity contribution is 7.17. The summed E-state index contributed by atoms with van der Waals surface area (Å²) in [7, 11) is 0. The van der Waals surface area contributed by atoms with Crippen LogP contribution in [0.3, 0.4) is 0 Å². The molecule has 2 aromatic rings. The molecule has 0 spiro atoms. The van der Waals surface area contributed by atoms with Gasteiger partial charge in [-0.2, -0.15) is 0 Å². The van der Waals surface area contributed by atoms with Crippen LogP contribution < -0.4 is 20.9 Å². The normalized spacial score (nSPS) is 22.2. The van der Waals surface area contributed by atoms with Crippen LogP contribution in [0.5, 0.6) is 0 Å². The zero-order valence-electron chi connectivity index (χ0n) is 19.5. The highest BCUT2D eigenvalue weighted by atomic mass is 32.1. The monoisotopic (exact) mass is 501 g/mol. The van der Waals surface area contributed by atoms with Crippen LogP contribution in [-0.4, -0.2) is 61.2 Å². The van der Waals surface area contributed by atoms with Gasteiger partial charge in [-0.15, -0.1) is 0 Å². The summed E-state index contributed by atoms with van der Waals surface area (Å²) in [5.41, 5.74) is 5.57. The number of rotatable bonds is 7. The summed E-state index contributed by atoms with van der Waals surface area (Å²) in [5.74, 6) is -1.14. The predicted octanol–water partition coefficient (Wildman–Crippen LogP) is 2.18. The van der Waals surface area contributed by atoms with E-state index >= 15 is 0 Å². The molecule has 2 aliphatic rings. The van der Waals surface area contributed by atoms with Crippen molar-refractivity contribution in [1.82, 2.24) is 10.3 Å². The van der Waals surface area contributed by atoms with Gasteiger partial charge in [-0.3, -0.25) is 19.3 Å². The molecule has 0 aliphatic carbocycles. The highest BCUT2D eigenvalue weighted by Gasteiger charge is 2.47. The number of anilines is 3. The van der Waals surface area contributed by atoms with E-state index < -0.39 is 23.6 Å². The first-order valence-corrected chi connectivity index (χ1v) is 12.1. The fourth-order valence-electron chi connectivity index (χ4n) is 4.16. The van der Waals surface area contributed by atoms with Gasteiger partial charge in [0.25, 0.3) is 5.91 Å². The van der Waals surface area contributed by atoms with Crippen LogP contribution in [0.15, 0.2) is 30.5 Å². The number of benzene rings is 1. The van der Waals surface area contributed by atoms with Crippen molar-refractivity contribution in [1.29, 1.82) is 0 Å². The van der Waals surface area contributed by atoms with Crippen LogP contribution in [0.4, 0.5) is 21.3 Å². The minimum atomic E-state index is -1.21. The Labute approximate surface area is 206 Å². The molecule has 2 fully saturated rings. The molecule has 2 saturated heterocycles. The van der Waals surface area contributed by atoms with E-state index in [0.717, 1.165) is 11.3 Å². The molecule has 0 radical (unpaired) electrons. The van der Waals surface area contributed by atoms with Gasteiger partial charge in [-0.25, -0.2) is 9.78 Å². The fourth-order valence-corrected chi connectivity index (χ4v) is 4.76. The third-order valence-corrected chi connectivity index (χ3v) is 6.91. The quantitative estimate of drug-likeness (QED) is 0.434. The summed E-state index contributed by atoms with van der Waals surface area (Å²) in [6.45, 7) is 4.44. The molecule has 11 nitrogen and oxygen atoms in total. The number of nitrogens with two attached hydrogens (primary N) is 1. The number of thiazole rings is 1. The lowest BCUT2D eigenvalue weighted by Gasteiger charge is -2.37. The lowest BCUT2D eigenvalue weighted by Crippen LogP contribution is -2.52. The molecular formula is C23H27N5O6S. The van der Waals surface area contributed by atoms with Gasteiger partial charge in [0.2, 0.25) is 5.91 Å². The van der Waals surface area contributed by atoms with Gasteiger partial charge in [0.1, 0.15) is 16.4 Å². The van der Waals surface area contributed by atoms with E-state index in [4.69, 9.17) is 15.2 Å². The second kappa shape index (κ2) is 9.90. The lowest BCUT2D eigenvalue weighted by molar-refractivity contribution is -0.160. The average molecular weight is 502 g/mol. The molecule has 1 aromatic carbocycles. The molecule has 12 heteroatoms. The minimum Gasteiger partial charge on any atom is -0.465 e. The van der Waals surface area contributed by atoms with Gasteiger partial charge in [-0.05, 0) is 51.0 Å². The second-order valence-electron chi connectivity index (χ2n) is 8.52. The third-order valence-electron chi connectivity index (χ3n) is 6.09. The SMILES string of the molecule is CCOC(=O)C1(C)CCCN(c2ccc(N3C[C@H](CNC(=O)c4cnc(N)s4)OC3=O)cc2)C1=O. The minimum absolute atomic E-state index is 0.145. The molecule has 0 bridgehead atoms. The first-order valence-electron chi connectivity index (χ1n) is 11.3. The maximum absolute atomic E-state index is 13.1. The molecule has 4 rings (SSSR count). The van der Waals surface area contributed by atoms with Gasteiger partial charge in [0, 0.05) is 17.9 Å². The van der Waals surface area contributed by atoms with Crippen molar-refractivity contribution in [2.45, 2.75) is 32.8 Å². The van der Waals surface area contributed by atoms with Crippen molar-refractivity contribution in [3.63, 3.8) is 0 Å². The molecule has 3 N–H and O–H groups in total. The Hall–Kier alpha value is -3.67. The predicted molar refractivity (Wildman–Crippen MR) is 129 cm³/mol. The number of carbonyl (C=O) groups is 4. The fraction of sp³-hybridized carbons (Fsp3) is 0.435. The Balaban J connectivity index is 1.38. The summed E-state index contributed by atoms with van der Waals surface area (Å²) in [6, 6.07) is 6.92. The Morgan fingerprint density at radius 2 is 1.94 bits per heavy atom. The molecule has 3 amide bonds. The van der Waals surface area contributed by atoms with Gasteiger partial charge >= 0.3 is 12.1 Å². The number of piperidine rings is 1. The van der Waals surface area contributed by atoms with Crippen molar-refractivity contribution in [3.05, 3.63) is 35.3 Å². The molecule has 2 atom stereocenters. The molecule has 3 heterocycles. The molecule has 0 saturated carbocycles. The van der Waals surface area contributed by atoms with Crippen LogP contribution in [0.25, 0.3) is 0 Å². The number of carbonyl (C=O) groups excluding carboxylic acids is 4. The summed E-state index contributed by atoms with van der Waals surface area (Å²) < 4.78 is 10.5. The topological polar surface area (TPSA) is 144 Å². The molecular weight excluding hydrogens is 474 g/mol. The van der Waals surface area contributed by atoms with Gasteiger partial charge < -0.3 is 25.4 Å². The van der Waals surface area contributed by atoms with Gasteiger partial charge in [-0.1, -0.05) is 11.3 Å². The number of cyclic esters (lactones) is 1. The number of amides is 3. The summed E-state index contributed by atoms with van der Waals surface area (Å²) in [6.07, 6.45) is 1.45. The second-order valence-corrected chi connectivity index (χ2v) is 9.58. The van der Waals surface area contributed by atoms with E-state index in [-0.39, 0.29) is 31.5 Å². The first-order chi connectivity index (χ1) is 16.7. The van der Waals surface area contributed by atoms with Crippen molar-refractivity contribution >= 4 is 51.7 Å². The number of nitrogen functional groups attached to an aromatic ring is 1. The largest absolute Gasteiger partial charge is 0.465 e. The third kappa shape index (κ3) is 4.92. The number of hydrogen-bond acceptors (Lipinski definition) is 9. The average Bonchev–Trinajstić information content (AvgIpc) is 3.45. The van der Waals surface area contributed by atoms with E-state index in [1.807, 2.05) is 0 Å². The van der Waals surface area contributed by atoms with Crippen molar-refractivity contribution < 1.29 is 28.7 Å². The van der Waals surface area contributed by atoms with Crippen molar-refractivity contribution in [3.8, 4) is 0 Å². The van der Waals surface area contributed by atoms with Crippen molar-refractivity contribution in [2.75, 3.05) is 41.8 Å². The Morgan fingerprint density at radius 1 is 1.26 bits per heavy atom. The van der Waals surface area contributed by atoms with E-state index in [1.165, 1.54) is 11.1 Å². The van der Waals surface area contributed by atoms with Crippen LogP contribution in [0.2, 0.25) is 0 Å². The van der Waals surface area contributed by atoms with Crippen molar-refractivity contribution in [2.24, 2.45) is 5.41 Å². The molecule has 35 heavy (non-hydrogen) atoms. The number of aromatic nitrogens is 1. The molecule has 2 aliphatic heterocycles. The number of esters is 1. The maximum atomic E-state index is 13.1. The van der Waals surface area contributed by atoms with E-state index in [2.05, 4.69) is 10.3 Å². The molecule has 1 unspecified atom stereocenters.